The van der Waals surface area contributed by atoms with Gasteiger partial charge in [-0.25, -0.2) is 4.98 Å². The molecule has 0 radical (unpaired) electrons. The first-order chi connectivity index (χ1) is 7.67. The van der Waals surface area contributed by atoms with Crippen molar-refractivity contribution in [3.05, 3.63) is 23.9 Å². The van der Waals surface area contributed by atoms with Gasteiger partial charge in [0.1, 0.15) is 6.42 Å². The average molecular weight is 239 g/mol. The van der Waals surface area contributed by atoms with E-state index in [1.165, 1.54) is 11.8 Å². The van der Waals surface area contributed by atoms with Crippen molar-refractivity contribution in [2.45, 2.75) is 18.4 Å². The molecule has 0 aromatic carbocycles. The average Bonchev–Trinajstić information content (AvgIpc) is 2.29. The van der Waals surface area contributed by atoms with Gasteiger partial charge in [0.25, 0.3) is 0 Å². The van der Waals surface area contributed by atoms with Gasteiger partial charge in [-0.3, -0.25) is 9.59 Å². The Hall–Kier alpha value is -1.36. The molecule has 16 heavy (non-hydrogen) atoms. The highest BCUT2D eigenvalue weighted by atomic mass is 32.2. The molecule has 0 atom stereocenters. The van der Waals surface area contributed by atoms with E-state index in [1.54, 1.807) is 25.3 Å². The predicted octanol–water partition coefficient (Wildman–Crippen LogP) is 1.94. The molecule has 1 aromatic rings. The molecule has 1 rings (SSSR count). The van der Waals surface area contributed by atoms with Crippen LogP contribution in [0.25, 0.3) is 0 Å². The van der Waals surface area contributed by atoms with Gasteiger partial charge in [-0.2, -0.15) is 0 Å². The molecule has 0 aliphatic rings. The van der Waals surface area contributed by atoms with Crippen molar-refractivity contribution in [1.82, 2.24) is 4.98 Å². The number of carbonyl (C=O) groups excluding carboxylic acids is 2. The Bertz CT molecular complexity index is 393. The van der Waals surface area contributed by atoms with Gasteiger partial charge in [0.15, 0.2) is 5.78 Å². The van der Waals surface area contributed by atoms with Crippen LogP contribution in [0.15, 0.2) is 23.4 Å². The van der Waals surface area contributed by atoms with Crippen LogP contribution in [0.1, 0.15) is 23.7 Å². The van der Waals surface area contributed by atoms with Gasteiger partial charge < -0.3 is 4.74 Å². The van der Waals surface area contributed by atoms with Crippen molar-refractivity contribution in [2.75, 3.05) is 12.9 Å². The Morgan fingerprint density at radius 3 is 2.88 bits per heavy atom. The predicted molar refractivity (Wildman–Crippen MR) is 61.6 cm³/mol. The summed E-state index contributed by atoms with van der Waals surface area (Å²) >= 11 is 1.45. The minimum Gasteiger partial charge on any atom is -0.466 e. The fourth-order valence-electron chi connectivity index (χ4n) is 1.14. The highest BCUT2D eigenvalue weighted by Gasteiger charge is 2.12. The van der Waals surface area contributed by atoms with Gasteiger partial charge in [0, 0.05) is 11.8 Å². The molecule has 0 spiro atoms. The standard InChI is InChI=1S/C11H13NO3S/c1-3-15-11(14)7-9(13)8-4-5-12-10(6-8)16-2/h4-6H,3,7H2,1-2H3. The normalized spacial score (nSPS) is 9.88. The Morgan fingerprint density at radius 2 is 2.25 bits per heavy atom. The number of hydrogen-bond donors (Lipinski definition) is 0. The molecule has 0 fully saturated rings. The van der Waals surface area contributed by atoms with E-state index in [-0.39, 0.29) is 12.2 Å². The molecule has 4 nitrogen and oxygen atoms in total. The van der Waals surface area contributed by atoms with Gasteiger partial charge in [-0.1, -0.05) is 0 Å². The lowest BCUT2D eigenvalue weighted by Gasteiger charge is -2.02. The molecular formula is C11H13NO3S. The van der Waals surface area contributed by atoms with E-state index in [2.05, 4.69) is 4.98 Å². The maximum Gasteiger partial charge on any atom is 0.313 e. The zero-order valence-corrected chi connectivity index (χ0v) is 10.0. The molecule has 0 bridgehead atoms. The third kappa shape index (κ3) is 3.66. The molecule has 0 aliphatic carbocycles. The molecule has 0 saturated heterocycles. The van der Waals surface area contributed by atoms with Crippen LogP contribution >= 0.6 is 11.8 Å². The lowest BCUT2D eigenvalue weighted by molar-refractivity contribution is -0.141. The SMILES string of the molecule is CCOC(=O)CC(=O)c1ccnc(SC)c1. The molecule has 0 N–H and O–H groups in total. The maximum atomic E-state index is 11.7. The number of carbonyl (C=O) groups is 2. The van der Waals surface area contributed by atoms with Gasteiger partial charge >= 0.3 is 5.97 Å². The number of aromatic nitrogens is 1. The number of rotatable bonds is 5. The van der Waals surface area contributed by atoms with Gasteiger partial charge in [-0.05, 0) is 25.3 Å². The fourth-order valence-corrected chi connectivity index (χ4v) is 1.55. The Labute approximate surface area is 98.4 Å². The van der Waals surface area contributed by atoms with Gasteiger partial charge in [0.05, 0.1) is 11.6 Å². The van der Waals surface area contributed by atoms with Crippen LogP contribution in [-0.2, 0) is 9.53 Å². The van der Waals surface area contributed by atoms with Crippen LogP contribution in [-0.4, -0.2) is 29.6 Å². The molecule has 0 saturated carbocycles. The van der Waals surface area contributed by atoms with Crippen molar-refractivity contribution >= 4 is 23.5 Å². The van der Waals surface area contributed by atoms with Crippen molar-refractivity contribution in [3.63, 3.8) is 0 Å². The molecule has 0 amide bonds. The zero-order valence-electron chi connectivity index (χ0n) is 9.23. The second kappa shape index (κ2) is 6.27. The highest BCUT2D eigenvalue weighted by molar-refractivity contribution is 7.98. The molecule has 1 heterocycles. The summed E-state index contributed by atoms with van der Waals surface area (Å²) in [6.45, 7) is 2.00. The second-order valence-electron chi connectivity index (χ2n) is 2.99. The van der Waals surface area contributed by atoms with E-state index in [9.17, 15) is 9.59 Å². The first kappa shape index (κ1) is 12.7. The molecule has 5 heteroatoms. The largest absolute Gasteiger partial charge is 0.466 e. The maximum absolute atomic E-state index is 11.7. The first-order valence-corrected chi connectivity index (χ1v) is 6.08. The van der Waals surface area contributed by atoms with Crippen molar-refractivity contribution in [1.29, 1.82) is 0 Å². The van der Waals surface area contributed by atoms with Crippen molar-refractivity contribution in [3.8, 4) is 0 Å². The number of nitrogens with zero attached hydrogens (tertiary/aromatic N) is 1. The first-order valence-electron chi connectivity index (χ1n) is 4.86. The number of esters is 1. The van der Waals surface area contributed by atoms with Crippen LogP contribution in [0.4, 0.5) is 0 Å². The van der Waals surface area contributed by atoms with E-state index >= 15 is 0 Å². The number of hydrogen-bond acceptors (Lipinski definition) is 5. The lowest BCUT2D eigenvalue weighted by atomic mass is 10.1. The summed E-state index contributed by atoms with van der Waals surface area (Å²) in [5.41, 5.74) is 0.493. The third-order valence-electron chi connectivity index (χ3n) is 1.88. The Balaban J connectivity index is 2.69. The van der Waals surface area contributed by atoms with Crippen LogP contribution in [0.3, 0.4) is 0 Å². The van der Waals surface area contributed by atoms with E-state index in [0.717, 1.165) is 5.03 Å². The van der Waals surface area contributed by atoms with Gasteiger partial charge in [-0.15, -0.1) is 11.8 Å². The second-order valence-corrected chi connectivity index (χ2v) is 3.82. The molecule has 0 unspecified atom stereocenters. The van der Waals surface area contributed by atoms with E-state index in [1.807, 2.05) is 6.26 Å². The molecule has 86 valence electrons. The Kier molecular flexibility index (Phi) is 4.98. The summed E-state index contributed by atoms with van der Waals surface area (Å²) in [6.07, 6.45) is 3.22. The third-order valence-corrected chi connectivity index (χ3v) is 2.52. The van der Waals surface area contributed by atoms with E-state index in [4.69, 9.17) is 4.74 Å². The molecule has 1 aromatic heterocycles. The number of Topliss-reactive ketones (excluding diaryl/α,β-unsaturated/α-hetero) is 1. The minimum absolute atomic E-state index is 0.217. The van der Waals surface area contributed by atoms with E-state index < -0.39 is 5.97 Å². The van der Waals surface area contributed by atoms with Crippen LogP contribution in [0, 0.1) is 0 Å². The summed E-state index contributed by atoms with van der Waals surface area (Å²) < 4.78 is 4.71. The minimum atomic E-state index is -0.491. The summed E-state index contributed by atoms with van der Waals surface area (Å²) in [5.74, 6) is -0.730. The Morgan fingerprint density at radius 1 is 1.50 bits per heavy atom. The lowest BCUT2D eigenvalue weighted by Crippen LogP contribution is -2.11. The van der Waals surface area contributed by atoms with Crippen molar-refractivity contribution < 1.29 is 14.3 Å². The quantitative estimate of drug-likeness (QED) is 0.340. The van der Waals surface area contributed by atoms with E-state index in [0.29, 0.717) is 12.2 Å². The van der Waals surface area contributed by atoms with Crippen LogP contribution in [0.2, 0.25) is 0 Å². The smallest absolute Gasteiger partial charge is 0.313 e. The topological polar surface area (TPSA) is 56.3 Å². The fraction of sp³-hybridized carbons (Fsp3) is 0.364. The monoisotopic (exact) mass is 239 g/mol. The summed E-state index contributed by atoms with van der Waals surface area (Å²) in [7, 11) is 0. The van der Waals surface area contributed by atoms with Gasteiger partial charge in [0.2, 0.25) is 0 Å². The van der Waals surface area contributed by atoms with Crippen LogP contribution in [0.5, 0.6) is 0 Å². The molecular weight excluding hydrogens is 226 g/mol. The zero-order chi connectivity index (χ0) is 12.0. The number of ether oxygens (including phenoxy) is 1. The number of pyridine rings is 1. The summed E-state index contributed by atoms with van der Waals surface area (Å²) in [4.78, 5) is 26.8. The number of ketones is 1. The summed E-state index contributed by atoms with van der Waals surface area (Å²) in [5, 5.41) is 0.759. The number of thioether (sulfide) groups is 1. The summed E-state index contributed by atoms with van der Waals surface area (Å²) in [6, 6.07) is 3.27. The highest BCUT2D eigenvalue weighted by Crippen LogP contribution is 2.13. The van der Waals surface area contributed by atoms with Crippen LogP contribution < -0.4 is 0 Å². The van der Waals surface area contributed by atoms with Crippen molar-refractivity contribution in [2.24, 2.45) is 0 Å². The molecule has 0 aliphatic heterocycles.